The van der Waals surface area contributed by atoms with E-state index in [0.29, 0.717) is 5.06 Å². The average Bonchev–Trinajstić information content (AvgIpc) is 3.11. The Kier molecular flexibility index (Phi) is 3.21. The molecule has 3 aromatic rings. The van der Waals surface area contributed by atoms with Gasteiger partial charge in [0, 0.05) is 10.9 Å². The van der Waals surface area contributed by atoms with Gasteiger partial charge in [0.1, 0.15) is 5.69 Å². The largest absolute Gasteiger partial charge is 0.380 e. The number of fused-ring (bicyclic) bond motifs is 2. The Labute approximate surface area is 143 Å². The van der Waals surface area contributed by atoms with Gasteiger partial charge in [-0.25, -0.2) is 4.79 Å². The number of aromatic nitrogens is 1. The number of aromatic amines is 1. The maximum Gasteiger partial charge on any atom is 0.380 e. The highest BCUT2D eigenvalue weighted by molar-refractivity contribution is 6.21. The molecule has 0 atom stereocenters. The van der Waals surface area contributed by atoms with E-state index in [1.165, 1.54) is 12.1 Å². The quantitative estimate of drug-likeness (QED) is 0.730. The lowest BCUT2D eigenvalue weighted by Crippen LogP contribution is -2.32. The van der Waals surface area contributed by atoms with E-state index in [-0.39, 0.29) is 16.8 Å². The number of hydrogen-bond donors (Lipinski definition) is 1. The molecule has 0 spiro atoms. The second-order valence-electron chi connectivity index (χ2n) is 6.06. The van der Waals surface area contributed by atoms with Gasteiger partial charge in [-0.1, -0.05) is 23.3 Å². The summed E-state index contributed by atoms with van der Waals surface area (Å²) in [6, 6.07) is 11.9. The average molecular weight is 334 g/mol. The van der Waals surface area contributed by atoms with Gasteiger partial charge in [0.2, 0.25) is 0 Å². The maximum atomic E-state index is 12.4. The van der Waals surface area contributed by atoms with Crippen LogP contribution in [0, 0.1) is 13.8 Å². The molecular weight excluding hydrogens is 320 g/mol. The molecule has 0 saturated carbocycles. The van der Waals surface area contributed by atoms with Crippen LogP contribution in [0.15, 0.2) is 42.5 Å². The van der Waals surface area contributed by atoms with Crippen LogP contribution in [0.3, 0.4) is 0 Å². The van der Waals surface area contributed by atoms with Gasteiger partial charge in [-0.15, -0.1) is 0 Å². The molecule has 4 rings (SSSR count). The van der Waals surface area contributed by atoms with E-state index in [4.69, 9.17) is 4.84 Å². The third kappa shape index (κ3) is 2.30. The molecule has 2 amide bonds. The summed E-state index contributed by atoms with van der Waals surface area (Å²) in [5, 5.41) is 1.40. The minimum atomic E-state index is -0.789. The summed E-state index contributed by atoms with van der Waals surface area (Å²) in [5.74, 6) is -2.07. The second-order valence-corrected chi connectivity index (χ2v) is 6.06. The van der Waals surface area contributed by atoms with Crippen LogP contribution in [0.2, 0.25) is 0 Å². The number of amides is 2. The molecule has 6 heteroatoms. The monoisotopic (exact) mass is 334 g/mol. The third-order valence-electron chi connectivity index (χ3n) is 4.24. The molecule has 2 heterocycles. The Morgan fingerprint density at radius 3 is 2.28 bits per heavy atom. The zero-order chi connectivity index (χ0) is 17.7. The van der Waals surface area contributed by atoms with Crippen molar-refractivity contribution in [3.05, 3.63) is 70.4 Å². The predicted octanol–water partition coefficient (Wildman–Crippen LogP) is 3.15. The Morgan fingerprint density at radius 2 is 1.64 bits per heavy atom. The minimum Gasteiger partial charge on any atom is -0.349 e. The van der Waals surface area contributed by atoms with Crippen LogP contribution in [-0.2, 0) is 4.84 Å². The number of nitrogens with zero attached hydrogens (tertiary/aromatic N) is 1. The van der Waals surface area contributed by atoms with Crippen molar-refractivity contribution in [2.24, 2.45) is 0 Å². The standard InChI is InChI=1S/C19H14N2O4/c1-10-7-11(2)14-9-16(20-15(14)8-10)19(24)25-21-17(22)12-5-3-4-6-13(12)18(21)23/h3-9,20H,1-2H3. The van der Waals surface area contributed by atoms with Crippen molar-refractivity contribution < 1.29 is 19.2 Å². The Morgan fingerprint density at radius 1 is 1.00 bits per heavy atom. The number of hydrogen-bond acceptors (Lipinski definition) is 4. The number of benzene rings is 2. The van der Waals surface area contributed by atoms with Gasteiger partial charge in [-0.2, -0.15) is 0 Å². The Balaban J connectivity index is 1.64. The van der Waals surface area contributed by atoms with Crippen molar-refractivity contribution in [2.45, 2.75) is 13.8 Å². The zero-order valence-electron chi connectivity index (χ0n) is 13.6. The minimum absolute atomic E-state index is 0.181. The molecule has 6 nitrogen and oxygen atoms in total. The van der Waals surface area contributed by atoms with E-state index >= 15 is 0 Å². The van der Waals surface area contributed by atoms with Crippen LogP contribution >= 0.6 is 0 Å². The number of aryl methyl sites for hydroxylation is 2. The van der Waals surface area contributed by atoms with Crippen LogP contribution in [0.1, 0.15) is 42.3 Å². The third-order valence-corrected chi connectivity index (χ3v) is 4.24. The SMILES string of the molecule is Cc1cc(C)c2cc(C(=O)ON3C(=O)c4ccccc4C3=O)[nH]c2c1. The van der Waals surface area contributed by atoms with E-state index < -0.39 is 17.8 Å². The van der Waals surface area contributed by atoms with E-state index in [1.807, 2.05) is 26.0 Å². The molecule has 1 N–H and O–H groups in total. The number of H-pyrrole nitrogens is 1. The van der Waals surface area contributed by atoms with Gasteiger partial charge in [0.25, 0.3) is 11.8 Å². The van der Waals surface area contributed by atoms with Crippen molar-refractivity contribution in [1.29, 1.82) is 0 Å². The summed E-state index contributed by atoms with van der Waals surface area (Å²) >= 11 is 0. The molecule has 2 aromatic carbocycles. The maximum absolute atomic E-state index is 12.4. The normalized spacial score (nSPS) is 13.4. The van der Waals surface area contributed by atoms with E-state index in [1.54, 1.807) is 18.2 Å². The molecule has 0 fully saturated rings. The molecule has 0 bridgehead atoms. The van der Waals surface area contributed by atoms with Crippen molar-refractivity contribution in [1.82, 2.24) is 10.0 Å². The lowest BCUT2D eigenvalue weighted by Gasteiger charge is -2.11. The van der Waals surface area contributed by atoms with Crippen LogP contribution in [0.25, 0.3) is 10.9 Å². The highest BCUT2D eigenvalue weighted by Crippen LogP contribution is 2.25. The number of carbonyl (C=O) groups is 3. The first kappa shape index (κ1) is 15.1. The number of rotatable bonds is 2. The summed E-state index contributed by atoms with van der Waals surface area (Å²) in [4.78, 5) is 45.0. The zero-order valence-corrected chi connectivity index (χ0v) is 13.6. The van der Waals surface area contributed by atoms with Crippen LogP contribution in [-0.4, -0.2) is 27.8 Å². The van der Waals surface area contributed by atoms with Crippen molar-refractivity contribution in [3.63, 3.8) is 0 Å². The van der Waals surface area contributed by atoms with Crippen molar-refractivity contribution in [3.8, 4) is 0 Å². The first-order valence-corrected chi connectivity index (χ1v) is 7.76. The van der Waals surface area contributed by atoms with Crippen LogP contribution < -0.4 is 0 Å². The Bertz CT molecular complexity index is 1030. The fourth-order valence-electron chi connectivity index (χ4n) is 3.09. The van der Waals surface area contributed by atoms with Gasteiger partial charge < -0.3 is 9.82 Å². The summed E-state index contributed by atoms with van der Waals surface area (Å²) in [6.07, 6.45) is 0. The molecule has 0 radical (unpaired) electrons. The smallest absolute Gasteiger partial charge is 0.349 e. The topological polar surface area (TPSA) is 79.5 Å². The molecule has 0 unspecified atom stereocenters. The van der Waals surface area contributed by atoms with Gasteiger partial charge in [0.05, 0.1) is 11.1 Å². The number of carbonyl (C=O) groups excluding carboxylic acids is 3. The lowest BCUT2D eigenvalue weighted by atomic mass is 10.1. The number of hydroxylamine groups is 2. The van der Waals surface area contributed by atoms with Crippen LogP contribution in [0.5, 0.6) is 0 Å². The first-order valence-electron chi connectivity index (χ1n) is 7.76. The molecule has 25 heavy (non-hydrogen) atoms. The van der Waals surface area contributed by atoms with Gasteiger partial charge >= 0.3 is 5.97 Å². The molecular formula is C19H14N2O4. The molecule has 1 aromatic heterocycles. The van der Waals surface area contributed by atoms with E-state index in [9.17, 15) is 14.4 Å². The highest BCUT2D eigenvalue weighted by atomic mass is 16.7. The van der Waals surface area contributed by atoms with E-state index in [0.717, 1.165) is 22.0 Å². The summed E-state index contributed by atoms with van der Waals surface area (Å²) in [7, 11) is 0. The number of imide groups is 1. The summed E-state index contributed by atoms with van der Waals surface area (Å²) in [5.41, 5.74) is 3.51. The van der Waals surface area contributed by atoms with E-state index in [2.05, 4.69) is 4.98 Å². The molecule has 1 aliphatic rings. The molecule has 0 saturated heterocycles. The molecule has 0 aliphatic carbocycles. The van der Waals surface area contributed by atoms with Crippen molar-refractivity contribution >= 4 is 28.7 Å². The van der Waals surface area contributed by atoms with Crippen LogP contribution in [0.4, 0.5) is 0 Å². The summed E-state index contributed by atoms with van der Waals surface area (Å²) < 4.78 is 0. The van der Waals surface area contributed by atoms with Gasteiger partial charge in [-0.05, 0) is 49.2 Å². The van der Waals surface area contributed by atoms with Crippen molar-refractivity contribution in [2.75, 3.05) is 0 Å². The lowest BCUT2D eigenvalue weighted by molar-refractivity contribution is -0.0587. The number of nitrogens with one attached hydrogen (secondary N) is 1. The first-order chi connectivity index (χ1) is 12.0. The second kappa shape index (κ2) is 5.31. The fraction of sp³-hybridized carbons (Fsp3) is 0.105. The molecule has 124 valence electrons. The predicted molar refractivity (Wildman–Crippen MR) is 90.1 cm³/mol. The highest BCUT2D eigenvalue weighted by Gasteiger charge is 2.39. The molecule has 1 aliphatic heterocycles. The van der Waals surface area contributed by atoms with Gasteiger partial charge in [-0.3, -0.25) is 9.59 Å². The van der Waals surface area contributed by atoms with Gasteiger partial charge in [0.15, 0.2) is 0 Å². The summed E-state index contributed by atoms with van der Waals surface area (Å²) in [6.45, 7) is 3.91. The fourth-order valence-corrected chi connectivity index (χ4v) is 3.09. The Hall–Kier alpha value is -3.41.